The van der Waals surface area contributed by atoms with Crippen molar-refractivity contribution in [2.75, 3.05) is 20.1 Å². The third-order valence-corrected chi connectivity index (χ3v) is 4.75. The average Bonchev–Trinajstić information content (AvgIpc) is 2.66. The van der Waals surface area contributed by atoms with Gasteiger partial charge in [-0.3, -0.25) is 9.59 Å². The monoisotopic (exact) mass is 352 g/mol. The quantitative estimate of drug-likeness (QED) is 0.831. The Balaban J connectivity index is 1.68. The number of hydrogen-bond acceptors (Lipinski definition) is 3. The molecule has 2 amide bonds. The number of likely N-dealkylation sites (N-methyl/N-ethyl adjacent to an activating group) is 1. The SMILES string of the molecule is C[C@H]1C(=O)N(C)CCN1C(=O)Cc1ccccc1OCc1ccccc1. The maximum atomic E-state index is 12.8. The van der Waals surface area contributed by atoms with Crippen LogP contribution in [0.4, 0.5) is 0 Å². The summed E-state index contributed by atoms with van der Waals surface area (Å²) in [5, 5.41) is 0. The van der Waals surface area contributed by atoms with Crippen LogP contribution >= 0.6 is 0 Å². The van der Waals surface area contributed by atoms with E-state index in [-0.39, 0.29) is 18.2 Å². The first-order chi connectivity index (χ1) is 12.6. The number of benzene rings is 2. The average molecular weight is 352 g/mol. The van der Waals surface area contributed by atoms with Crippen LogP contribution in [0.2, 0.25) is 0 Å². The minimum Gasteiger partial charge on any atom is -0.489 e. The molecule has 2 aromatic carbocycles. The third-order valence-electron chi connectivity index (χ3n) is 4.75. The summed E-state index contributed by atoms with van der Waals surface area (Å²) in [5.41, 5.74) is 1.92. The van der Waals surface area contributed by atoms with Crippen LogP contribution < -0.4 is 4.74 Å². The first-order valence-corrected chi connectivity index (χ1v) is 8.85. The number of nitrogens with zero attached hydrogens (tertiary/aromatic N) is 2. The van der Waals surface area contributed by atoms with Gasteiger partial charge in [0, 0.05) is 25.7 Å². The van der Waals surface area contributed by atoms with Crippen molar-refractivity contribution in [1.82, 2.24) is 9.80 Å². The highest BCUT2D eigenvalue weighted by atomic mass is 16.5. The molecule has 0 aliphatic carbocycles. The Labute approximate surface area is 154 Å². The van der Waals surface area contributed by atoms with Crippen molar-refractivity contribution in [3.05, 3.63) is 65.7 Å². The van der Waals surface area contributed by atoms with E-state index in [4.69, 9.17) is 4.74 Å². The van der Waals surface area contributed by atoms with E-state index in [1.807, 2.05) is 54.6 Å². The molecular formula is C21H24N2O3. The molecule has 5 nitrogen and oxygen atoms in total. The highest BCUT2D eigenvalue weighted by Crippen LogP contribution is 2.22. The van der Waals surface area contributed by atoms with Gasteiger partial charge in [0.15, 0.2) is 0 Å². The Morgan fingerprint density at radius 3 is 2.54 bits per heavy atom. The molecule has 1 fully saturated rings. The second-order valence-electron chi connectivity index (χ2n) is 6.58. The van der Waals surface area contributed by atoms with Gasteiger partial charge in [0.1, 0.15) is 18.4 Å². The fourth-order valence-electron chi connectivity index (χ4n) is 3.14. The third kappa shape index (κ3) is 4.04. The fourth-order valence-corrected chi connectivity index (χ4v) is 3.14. The van der Waals surface area contributed by atoms with Crippen molar-refractivity contribution in [2.45, 2.75) is 26.0 Å². The van der Waals surface area contributed by atoms with Crippen molar-refractivity contribution in [1.29, 1.82) is 0 Å². The maximum absolute atomic E-state index is 12.8. The van der Waals surface area contributed by atoms with Gasteiger partial charge in [0.2, 0.25) is 11.8 Å². The predicted molar refractivity (Wildman–Crippen MR) is 99.7 cm³/mol. The van der Waals surface area contributed by atoms with E-state index in [0.29, 0.717) is 25.4 Å². The Hall–Kier alpha value is -2.82. The van der Waals surface area contributed by atoms with Crippen LogP contribution in [0.5, 0.6) is 5.75 Å². The van der Waals surface area contributed by atoms with Gasteiger partial charge in [-0.1, -0.05) is 48.5 Å². The van der Waals surface area contributed by atoms with Gasteiger partial charge >= 0.3 is 0 Å². The van der Waals surface area contributed by atoms with Crippen LogP contribution in [0.25, 0.3) is 0 Å². The number of rotatable bonds is 5. The molecule has 0 aromatic heterocycles. The Morgan fingerprint density at radius 2 is 1.77 bits per heavy atom. The molecule has 1 aliphatic heterocycles. The van der Waals surface area contributed by atoms with Gasteiger partial charge in [-0.2, -0.15) is 0 Å². The van der Waals surface area contributed by atoms with Crippen LogP contribution in [-0.4, -0.2) is 47.8 Å². The van der Waals surface area contributed by atoms with E-state index < -0.39 is 6.04 Å². The topological polar surface area (TPSA) is 49.9 Å². The van der Waals surface area contributed by atoms with Crippen LogP contribution in [-0.2, 0) is 22.6 Å². The summed E-state index contributed by atoms with van der Waals surface area (Å²) in [6, 6.07) is 17.1. The molecule has 0 N–H and O–H groups in total. The van der Waals surface area contributed by atoms with Crippen LogP contribution in [0, 0.1) is 0 Å². The summed E-state index contributed by atoms with van der Waals surface area (Å²) in [7, 11) is 1.77. The minimum atomic E-state index is -0.418. The fraction of sp³-hybridized carbons (Fsp3) is 0.333. The lowest BCUT2D eigenvalue weighted by molar-refractivity contribution is -0.149. The number of ether oxygens (including phenoxy) is 1. The molecule has 1 saturated heterocycles. The number of carbonyl (C=O) groups is 2. The van der Waals surface area contributed by atoms with Crippen LogP contribution in [0.3, 0.4) is 0 Å². The van der Waals surface area contributed by atoms with Gasteiger partial charge in [0.05, 0.1) is 6.42 Å². The zero-order valence-corrected chi connectivity index (χ0v) is 15.2. The number of para-hydroxylation sites is 1. The molecule has 0 radical (unpaired) electrons. The lowest BCUT2D eigenvalue weighted by Gasteiger charge is -2.37. The lowest BCUT2D eigenvalue weighted by Crippen LogP contribution is -2.56. The van der Waals surface area contributed by atoms with Crippen molar-refractivity contribution in [3.63, 3.8) is 0 Å². The molecular weight excluding hydrogens is 328 g/mol. The van der Waals surface area contributed by atoms with Crippen LogP contribution in [0.1, 0.15) is 18.1 Å². The molecule has 0 bridgehead atoms. The summed E-state index contributed by atoms with van der Waals surface area (Å²) in [6.45, 7) is 3.37. The molecule has 1 aliphatic rings. The largest absolute Gasteiger partial charge is 0.489 e. The maximum Gasteiger partial charge on any atom is 0.244 e. The lowest BCUT2D eigenvalue weighted by atomic mass is 10.1. The molecule has 26 heavy (non-hydrogen) atoms. The Kier molecular flexibility index (Phi) is 5.56. The summed E-state index contributed by atoms with van der Waals surface area (Å²) < 4.78 is 5.93. The number of hydrogen-bond donors (Lipinski definition) is 0. The van der Waals surface area contributed by atoms with E-state index in [1.54, 1.807) is 23.8 Å². The van der Waals surface area contributed by atoms with E-state index >= 15 is 0 Å². The smallest absolute Gasteiger partial charge is 0.244 e. The summed E-state index contributed by atoms with van der Waals surface area (Å²) in [4.78, 5) is 28.2. The number of carbonyl (C=O) groups excluding carboxylic acids is 2. The molecule has 1 atom stereocenters. The Morgan fingerprint density at radius 1 is 1.08 bits per heavy atom. The minimum absolute atomic E-state index is 0.0155. The summed E-state index contributed by atoms with van der Waals surface area (Å²) in [5.74, 6) is 0.644. The standard InChI is InChI=1S/C21H24N2O3/c1-16-21(25)22(2)12-13-23(16)20(24)14-18-10-6-7-11-19(18)26-15-17-8-4-3-5-9-17/h3-11,16H,12-15H2,1-2H3/t16-/m0/s1. The van der Waals surface area contributed by atoms with Crippen LogP contribution in [0.15, 0.2) is 54.6 Å². The van der Waals surface area contributed by atoms with E-state index in [9.17, 15) is 9.59 Å². The molecule has 5 heteroatoms. The van der Waals surface area contributed by atoms with Crippen molar-refractivity contribution in [2.24, 2.45) is 0 Å². The zero-order chi connectivity index (χ0) is 18.5. The summed E-state index contributed by atoms with van der Waals surface area (Å²) >= 11 is 0. The van der Waals surface area contributed by atoms with E-state index in [0.717, 1.165) is 11.1 Å². The predicted octanol–water partition coefficient (Wildman–Crippen LogP) is 2.50. The zero-order valence-electron chi connectivity index (χ0n) is 15.2. The molecule has 0 unspecified atom stereocenters. The Bertz CT molecular complexity index is 776. The van der Waals surface area contributed by atoms with Gasteiger partial charge in [-0.05, 0) is 18.6 Å². The molecule has 0 spiro atoms. The molecule has 136 valence electrons. The van der Waals surface area contributed by atoms with Gasteiger partial charge < -0.3 is 14.5 Å². The van der Waals surface area contributed by atoms with Crippen molar-refractivity contribution in [3.8, 4) is 5.75 Å². The second-order valence-corrected chi connectivity index (χ2v) is 6.58. The molecule has 1 heterocycles. The highest BCUT2D eigenvalue weighted by Gasteiger charge is 2.32. The first-order valence-electron chi connectivity index (χ1n) is 8.85. The van der Waals surface area contributed by atoms with Gasteiger partial charge in [-0.15, -0.1) is 0 Å². The van der Waals surface area contributed by atoms with E-state index in [2.05, 4.69) is 0 Å². The highest BCUT2D eigenvalue weighted by molar-refractivity contribution is 5.89. The molecule has 3 rings (SSSR count). The normalized spacial score (nSPS) is 17.3. The molecule has 0 saturated carbocycles. The summed E-state index contributed by atoms with van der Waals surface area (Å²) in [6.07, 6.45) is 0.228. The van der Waals surface area contributed by atoms with Gasteiger partial charge in [-0.25, -0.2) is 0 Å². The van der Waals surface area contributed by atoms with Gasteiger partial charge in [0.25, 0.3) is 0 Å². The van der Waals surface area contributed by atoms with Crippen molar-refractivity contribution >= 4 is 11.8 Å². The first kappa shape index (κ1) is 18.0. The number of amides is 2. The van der Waals surface area contributed by atoms with E-state index in [1.165, 1.54) is 0 Å². The second kappa shape index (κ2) is 8.04. The van der Waals surface area contributed by atoms with Crippen molar-refractivity contribution < 1.29 is 14.3 Å². The molecule has 2 aromatic rings. The number of piperazine rings is 1.